The standard InChI is InChI=1S/C15H16N6O2/c1-9-4-3-5-10(2)13(9)23-6-11(22)20-21-15-12-14(17-7-16-12)18-8-19-15/h3-5,7-8H,6H2,1-2H3,(H,20,22)(H2,16,17,18,19,21). The van der Waals surface area contributed by atoms with Crippen molar-refractivity contribution >= 4 is 22.9 Å². The summed E-state index contributed by atoms with van der Waals surface area (Å²) < 4.78 is 5.59. The normalized spacial score (nSPS) is 10.5. The molecule has 0 atom stereocenters. The zero-order chi connectivity index (χ0) is 16.2. The average molecular weight is 312 g/mol. The summed E-state index contributed by atoms with van der Waals surface area (Å²) in [5.74, 6) is 0.840. The van der Waals surface area contributed by atoms with E-state index < -0.39 is 0 Å². The minimum absolute atomic E-state index is 0.101. The number of nitrogens with zero attached hydrogens (tertiary/aromatic N) is 3. The molecular weight excluding hydrogens is 296 g/mol. The molecule has 0 aliphatic rings. The van der Waals surface area contributed by atoms with Crippen molar-refractivity contribution in [1.82, 2.24) is 25.4 Å². The van der Waals surface area contributed by atoms with Crippen molar-refractivity contribution in [2.24, 2.45) is 0 Å². The largest absolute Gasteiger partial charge is 0.483 e. The zero-order valence-corrected chi connectivity index (χ0v) is 12.8. The fraction of sp³-hybridized carbons (Fsp3) is 0.200. The molecule has 3 aromatic rings. The molecule has 0 saturated carbocycles. The number of aromatic amines is 1. The summed E-state index contributed by atoms with van der Waals surface area (Å²) in [6, 6.07) is 5.83. The summed E-state index contributed by atoms with van der Waals surface area (Å²) in [7, 11) is 0. The van der Waals surface area contributed by atoms with Crippen molar-refractivity contribution in [2.45, 2.75) is 13.8 Å². The second kappa shape index (κ2) is 6.30. The van der Waals surface area contributed by atoms with E-state index in [1.54, 1.807) is 0 Å². The number of aromatic nitrogens is 4. The van der Waals surface area contributed by atoms with Gasteiger partial charge in [0, 0.05) is 0 Å². The predicted octanol–water partition coefficient (Wildman–Crippen LogP) is 1.49. The van der Waals surface area contributed by atoms with Crippen molar-refractivity contribution in [3.05, 3.63) is 42.0 Å². The van der Waals surface area contributed by atoms with Crippen LogP contribution in [-0.2, 0) is 4.79 Å². The Morgan fingerprint density at radius 2 is 2.00 bits per heavy atom. The van der Waals surface area contributed by atoms with Crippen molar-refractivity contribution in [1.29, 1.82) is 0 Å². The van der Waals surface area contributed by atoms with E-state index in [9.17, 15) is 4.79 Å². The van der Waals surface area contributed by atoms with E-state index in [0.29, 0.717) is 17.0 Å². The molecule has 0 aliphatic carbocycles. The maximum absolute atomic E-state index is 11.9. The van der Waals surface area contributed by atoms with Gasteiger partial charge in [0.2, 0.25) is 0 Å². The predicted molar refractivity (Wildman–Crippen MR) is 84.9 cm³/mol. The Morgan fingerprint density at radius 1 is 1.22 bits per heavy atom. The Hall–Kier alpha value is -3.16. The third-order valence-corrected chi connectivity index (χ3v) is 3.30. The maximum Gasteiger partial charge on any atom is 0.276 e. The van der Waals surface area contributed by atoms with Crippen LogP contribution in [0.4, 0.5) is 5.82 Å². The Morgan fingerprint density at radius 3 is 2.78 bits per heavy atom. The number of hydrogen-bond acceptors (Lipinski definition) is 6. The SMILES string of the molecule is Cc1cccc(C)c1OCC(=O)NNc1ncnc2nc[nH]c12. The topological polar surface area (TPSA) is 105 Å². The average Bonchev–Trinajstić information content (AvgIpc) is 3.01. The van der Waals surface area contributed by atoms with Crippen molar-refractivity contribution in [2.75, 3.05) is 12.0 Å². The number of rotatable bonds is 5. The molecule has 0 unspecified atom stereocenters. The van der Waals surface area contributed by atoms with Gasteiger partial charge in [-0.05, 0) is 25.0 Å². The minimum Gasteiger partial charge on any atom is -0.483 e. The molecule has 0 fully saturated rings. The van der Waals surface area contributed by atoms with Gasteiger partial charge < -0.3 is 9.72 Å². The van der Waals surface area contributed by atoms with Gasteiger partial charge in [0.25, 0.3) is 5.91 Å². The Labute approximate surface area is 132 Å². The van der Waals surface area contributed by atoms with E-state index in [2.05, 4.69) is 30.8 Å². The lowest BCUT2D eigenvalue weighted by atomic mass is 10.1. The second-order valence-electron chi connectivity index (χ2n) is 5.01. The van der Waals surface area contributed by atoms with Gasteiger partial charge in [0.15, 0.2) is 18.1 Å². The molecular formula is C15H16N6O2. The lowest BCUT2D eigenvalue weighted by molar-refractivity contribution is -0.122. The molecule has 3 N–H and O–H groups in total. The van der Waals surface area contributed by atoms with E-state index in [1.807, 2.05) is 32.0 Å². The number of anilines is 1. The molecule has 8 heteroatoms. The fourth-order valence-corrected chi connectivity index (χ4v) is 2.19. The van der Waals surface area contributed by atoms with Gasteiger partial charge in [-0.15, -0.1) is 0 Å². The lowest BCUT2D eigenvalue weighted by Crippen LogP contribution is -2.34. The number of fused-ring (bicyclic) bond motifs is 1. The van der Waals surface area contributed by atoms with Crippen LogP contribution in [0, 0.1) is 13.8 Å². The number of hydrogen-bond donors (Lipinski definition) is 3. The summed E-state index contributed by atoms with van der Waals surface area (Å²) in [6.45, 7) is 3.78. The van der Waals surface area contributed by atoms with Crippen molar-refractivity contribution in [3.8, 4) is 5.75 Å². The molecule has 3 rings (SSSR count). The number of imidazole rings is 1. The van der Waals surface area contributed by atoms with Gasteiger partial charge in [-0.1, -0.05) is 18.2 Å². The molecule has 23 heavy (non-hydrogen) atoms. The highest BCUT2D eigenvalue weighted by Crippen LogP contribution is 2.22. The monoisotopic (exact) mass is 312 g/mol. The second-order valence-corrected chi connectivity index (χ2v) is 5.01. The molecule has 1 amide bonds. The number of para-hydroxylation sites is 1. The Kier molecular flexibility index (Phi) is 4.05. The Bertz CT molecular complexity index is 825. The molecule has 8 nitrogen and oxygen atoms in total. The number of benzene rings is 1. The van der Waals surface area contributed by atoms with Crippen LogP contribution < -0.4 is 15.6 Å². The van der Waals surface area contributed by atoms with Crippen LogP contribution in [0.3, 0.4) is 0 Å². The molecule has 0 spiro atoms. The fourth-order valence-electron chi connectivity index (χ4n) is 2.19. The van der Waals surface area contributed by atoms with Crippen LogP contribution in [0.5, 0.6) is 5.75 Å². The first kappa shape index (κ1) is 14.8. The molecule has 2 heterocycles. The third-order valence-electron chi connectivity index (χ3n) is 3.30. The number of carbonyl (C=O) groups is 1. The molecule has 0 radical (unpaired) electrons. The summed E-state index contributed by atoms with van der Waals surface area (Å²) in [6.07, 6.45) is 2.88. The summed E-state index contributed by atoms with van der Waals surface area (Å²) in [4.78, 5) is 26.9. The number of nitrogens with one attached hydrogen (secondary N) is 3. The minimum atomic E-state index is -0.320. The molecule has 0 saturated heterocycles. The number of aryl methyl sites for hydroxylation is 2. The quantitative estimate of drug-likeness (QED) is 0.617. The van der Waals surface area contributed by atoms with E-state index in [-0.39, 0.29) is 12.5 Å². The van der Waals surface area contributed by atoms with Crippen LogP contribution >= 0.6 is 0 Å². The summed E-state index contributed by atoms with van der Waals surface area (Å²) in [5.41, 5.74) is 8.38. The van der Waals surface area contributed by atoms with Gasteiger partial charge in [-0.3, -0.25) is 15.6 Å². The smallest absolute Gasteiger partial charge is 0.276 e. The van der Waals surface area contributed by atoms with Gasteiger partial charge in [0.1, 0.15) is 17.6 Å². The van der Waals surface area contributed by atoms with Crippen LogP contribution in [0.2, 0.25) is 0 Å². The van der Waals surface area contributed by atoms with E-state index in [0.717, 1.165) is 16.9 Å². The summed E-state index contributed by atoms with van der Waals surface area (Å²) >= 11 is 0. The van der Waals surface area contributed by atoms with Gasteiger partial charge >= 0.3 is 0 Å². The van der Waals surface area contributed by atoms with Crippen molar-refractivity contribution < 1.29 is 9.53 Å². The van der Waals surface area contributed by atoms with Gasteiger partial charge in [-0.25, -0.2) is 15.0 Å². The lowest BCUT2D eigenvalue weighted by Gasteiger charge is -2.12. The zero-order valence-electron chi connectivity index (χ0n) is 12.8. The van der Waals surface area contributed by atoms with Crippen molar-refractivity contribution in [3.63, 3.8) is 0 Å². The number of H-pyrrole nitrogens is 1. The number of ether oxygens (including phenoxy) is 1. The summed E-state index contributed by atoms with van der Waals surface area (Å²) in [5, 5.41) is 0. The first-order valence-corrected chi connectivity index (χ1v) is 7.03. The van der Waals surface area contributed by atoms with E-state index >= 15 is 0 Å². The van der Waals surface area contributed by atoms with Crippen LogP contribution in [-0.4, -0.2) is 32.4 Å². The van der Waals surface area contributed by atoms with Gasteiger partial charge in [0.05, 0.1) is 6.33 Å². The molecule has 1 aromatic carbocycles. The Balaban J connectivity index is 1.59. The highest BCUT2D eigenvalue weighted by Gasteiger charge is 2.09. The van der Waals surface area contributed by atoms with Crippen LogP contribution in [0.25, 0.3) is 11.2 Å². The number of hydrazine groups is 1. The maximum atomic E-state index is 11.9. The van der Waals surface area contributed by atoms with E-state index in [4.69, 9.17) is 4.74 Å². The number of carbonyl (C=O) groups excluding carboxylic acids is 1. The van der Waals surface area contributed by atoms with Crippen LogP contribution in [0.1, 0.15) is 11.1 Å². The highest BCUT2D eigenvalue weighted by atomic mass is 16.5. The number of amides is 1. The third kappa shape index (κ3) is 3.20. The molecule has 0 bridgehead atoms. The molecule has 118 valence electrons. The van der Waals surface area contributed by atoms with Gasteiger partial charge in [-0.2, -0.15) is 0 Å². The van der Waals surface area contributed by atoms with Crippen LogP contribution in [0.15, 0.2) is 30.9 Å². The first-order chi connectivity index (χ1) is 11.1. The highest BCUT2D eigenvalue weighted by molar-refractivity contribution is 5.84. The molecule has 2 aromatic heterocycles. The van der Waals surface area contributed by atoms with E-state index in [1.165, 1.54) is 12.7 Å². The first-order valence-electron chi connectivity index (χ1n) is 7.03. The molecule has 0 aliphatic heterocycles.